The minimum Gasteiger partial charge on any atom is -0.354 e. The highest BCUT2D eigenvalue weighted by molar-refractivity contribution is 5.93. The lowest BCUT2D eigenvalue weighted by molar-refractivity contribution is -0.138. The molecule has 1 aliphatic heterocycles. The van der Waals surface area contributed by atoms with Crippen LogP contribution in [-0.2, 0) is 9.59 Å². The standard InChI is InChI=1S/C18H26N4O3/c1-13(2)11-22-12-15(5-6-16(22)23)18(25)21-9-8-20-17(24)14-4-3-7-19-10-14/h3-4,7,10,13,15H,5-6,8-9,11-12H2,1-2H3,(H,20,24)(H,21,25)/t15-/m1/s1. The number of carbonyl (C=O) groups is 3. The molecule has 1 aromatic rings. The van der Waals surface area contributed by atoms with Crippen LogP contribution >= 0.6 is 0 Å². The lowest BCUT2D eigenvalue weighted by Crippen LogP contribution is -2.47. The number of carbonyl (C=O) groups excluding carboxylic acids is 3. The summed E-state index contributed by atoms with van der Waals surface area (Å²) < 4.78 is 0. The van der Waals surface area contributed by atoms with Gasteiger partial charge in [-0.05, 0) is 24.5 Å². The number of hydrogen-bond donors (Lipinski definition) is 2. The number of piperidine rings is 1. The highest BCUT2D eigenvalue weighted by atomic mass is 16.2. The number of hydrogen-bond acceptors (Lipinski definition) is 4. The summed E-state index contributed by atoms with van der Waals surface area (Å²) in [7, 11) is 0. The lowest BCUT2D eigenvalue weighted by Gasteiger charge is -2.33. The Bertz CT molecular complexity index is 604. The second-order valence-corrected chi connectivity index (χ2v) is 6.72. The summed E-state index contributed by atoms with van der Waals surface area (Å²) >= 11 is 0. The predicted molar refractivity (Wildman–Crippen MR) is 93.7 cm³/mol. The minimum absolute atomic E-state index is 0.0584. The average Bonchev–Trinajstić information content (AvgIpc) is 2.60. The van der Waals surface area contributed by atoms with Gasteiger partial charge in [0.05, 0.1) is 11.5 Å². The summed E-state index contributed by atoms with van der Waals surface area (Å²) in [6, 6.07) is 3.38. The van der Waals surface area contributed by atoms with Crippen molar-refractivity contribution in [2.75, 3.05) is 26.2 Å². The maximum absolute atomic E-state index is 12.3. The van der Waals surface area contributed by atoms with Crippen LogP contribution in [0.25, 0.3) is 0 Å². The zero-order valence-electron chi connectivity index (χ0n) is 14.8. The van der Waals surface area contributed by atoms with E-state index in [2.05, 4.69) is 29.5 Å². The third kappa shape index (κ3) is 5.85. The van der Waals surface area contributed by atoms with E-state index in [4.69, 9.17) is 0 Å². The van der Waals surface area contributed by atoms with Crippen molar-refractivity contribution in [1.82, 2.24) is 20.5 Å². The van der Waals surface area contributed by atoms with Crippen LogP contribution in [0.4, 0.5) is 0 Å². The summed E-state index contributed by atoms with van der Waals surface area (Å²) in [5.41, 5.74) is 0.490. The number of likely N-dealkylation sites (tertiary alicyclic amines) is 1. The fourth-order valence-electron chi connectivity index (χ4n) is 2.85. The Kier molecular flexibility index (Phi) is 6.91. The van der Waals surface area contributed by atoms with Crippen LogP contribution in [0.3, 0.4) is 0 Å². The number of nitrogens with one attached hydrogen (secondary N) is 2. The predicted octanol–water partition coefficient (Wildman–Crippen LogP) is 0.822. The highest BCUT2D eigenvalue weighted by Crippen LogP contribution is 2.18. The zero-order chi connectivity index (χ0) is 18.2. The monoisotopic (exact) mass is 346 g/mol. The van der Waals surface area contributed by atoms with Crippen molar-refractivity contribution in [3.05, 3.63) is 30.1 Å². The Morgan fingerprint density at radius 1 is 1.32 bits per heavy atom. The first-order valence-electron chi connectivity index (χ1n) is 8.71. The van der Waals surface area contributed by atoms with Crippen molar-refractivity contribution in [1.29, 1.82) is 0 Å². The Morgan fingerprint density at radius 3 is 2.76 bits per heavy atom. The third-order valence-electron chi connectivity index (χ3n) is 4.09. The van der Waals surface area contributed by atoms with Gasteiger partial charge in [0.15, 0.2) is 0 Å². The molecule has 0 aromatic carbocycles. The topological polar surface area (TPSA) is 91.4 Å². The molecule has 1 aromatic heterocycles. The van der Waals surface area contributed by atoms with Crippen LogP contribution in [0.15, 0.2) is 24.5 Å². The maximum atomic E-state index is 12.3. The van der Waals surface area contributed by atoms with Crippen molar-refractivity contribution < 1.29 is 14.4 Å². The Hall–Kier alpha value is -2.44. The SMILES string of the molecule is CC(C)CN1C[C@H](C(=O)NCCNC(=O)c2cccnc2)CCC1=O. The van der Waals surface area contributed by atoms with E-state index >= 15 is 0 Å². The molecule has 0 radical (unpaired) electrons. The molecule has 1 saturated heterocycles. The van der Waals surface area contributed by atoms with E-state index in [1.54, 1.807) is 23.2 Å². The number of aromatic nitrogens is 1. The van der Waals surface area contributed by atoms with Gasteiger partial charge in [-0.1, -0.05) is 13.8 Å². The second kappa shape index (κ2) is 9.15. The average molecular weight is 346 g/mol. The molecule has 7 nitrogen and oxygen atoms in total. The van der Waals surface area contributed by atoms with Gasteiger partial charge in [-0.2, -0.15) is 0 Å². The minimum atomic E-state index is -0.214. The molecular formula is C18H26N4O3. The first kappa shape index (κ1) is 18.9. The van der Waals surface area contributed by atoms with Gasteiger partial charge in [-0.15, -0.1) is 0 Å². The molecule has 1 atom stereocenters. The Labute approximate surface area is 148 Å². The first-order chi connectivity index (χ1) is 12.0. The van der Waals surface area contributed by atoms with Gasteiger partial charge >= 0.3 is 0 Å². The Morgan fingerprint density at radius 2 is 2.08 bits per heavy atom. The van der Waals surface area contributed by atoms with Crippen LogP contribution in [-0.4, -0.2) is 53.8 Å². The molecule has 7 heteroatoms. The fourth-order valence-corrected chi connectivity index (χ4v) is 2.85. The van der Waals surface area contributed by atoms with Gasteiger partial charge < -0.3 is 15.5 Å². The van der Waals surface area contributed by atoms with Crippen LogP contribution < -0.4 is 10.6 Å². The molecule has 25 heavy (non-hydrogen) atoms. The second-order valence-electron chi connectivity index (χ2n) is 6.72. The quantitative estimate of drug-likeness (QED) is 0.715. The van der Waals surface area contributed by atoms with Crippen LogP contribution in [0, 0.1) is 11.8 Å². The lowest BCUT2D eigenvalue weighted by atomic mass is 9.96. The maximum Gasteiger partial charge on any atom is 0.252 e. The molecular weight excluding hydrogens is 320 g/mol. The molecule has 0 saturated carbocycles. The van der Waals surface area contributed by atoms with E-state index < -0.39 is 0 Å². The summed E-state index contributed by atoms with van der Waals surface area (Å²) in [6.07, 6.45) is 4.11. The van der Waals surface area contributed by atoms with E-state index in [0.29, 0.717) is 50.5 Å². The smallest absolute Gasteiger partial charge is 0.252 e. The summed E-state index contributed by atoms with van der Waals surface area (Å²) in [5.74, 6) is 0.0611. The van der Waals surface area contributed by atoms with Crippen LogP contribution in [0.2, 0.25) is 0 Å². The van der Waals surface area contributed by atoms with Gasteiger partial charge in [-0.3, -0.25) is 19.4 Å². The van der Waals surface area contributed by atoms with Gasteiger partial charge in [0.25, 0.3) is 5.91 Å². The molecule has 1 aliphatic rings. The molecule has 0 unspecified atom stereocenters. The molecule has 3 amide bonds. The summed E-state index contributed by atoms with van der Waals surface area (Å²) in [4.78, 5) is 41.7. The molecule has 2 N–H and O–H groups in total. The van der Waals surface area contributed by atoms with Gasteiger partial charge in [0.1, 0.15) is 0 Å². The number of amides is 3. The van der Waals surface area contributed by atoms with Crippen molar-refractivity contribution >= 4 is 17.7 Å². The van der Waals surface area contributed by atoms with Crippen molar-refractivity contribution in [3.8, 4) is 0 Å². The fraction of sp³-hybridized carbons (Fsp3) is 0.556. The molecule has 0 aliphatic carbocycles. The largest absolute Gasteiger partial charge is 0.354 e. The van der Waals surface area contributed by atoms with Crippen LogP contribution in [0.5, 0.6) is 0 Å². The van der Waals surface area contributed by atoms with Crippen LogP contribution in [0.1, 0.15) is 37.0 Å². The zero-order valence-corrected chi connectivity index (χ0v) is 14.8. The van der Waals surface area contributed by atoms with E-state index in [9.17, 15) is 14.4 Å². The van der Waals surface area contributed by atoms with E-state index in [-0.39, 0.29) is 23.6 Å². The molecule has 0 spiro atoms. The molecule has 2 rings (SSSR count). The third-order valence-corrected chi connectivity index (χ3v) is 4.09. The summed E-state index contributed by atoms with van der Waals surface area (Å²) in [6.45, 7) is 5.98. The number of pyridine rings is 1. The Balaban J connectivity index is 1.71. The normalized spacial score (nSPS) is 17.5. The summed E-state index contributed by atoms with van der Waals surface area (Å²) in [5, 5.41) is 5.58. The van der Waals surface area contributed by atoms with Crippen molar-refractivity contribution in [3.63, 3.8) is 0 Å². The number of rotatable bonds is 7. The van der Waals surface area contributed by atoms with Gasteiger partial charge in [0.2, 0.25) is 11.8 Å². The molecule has 1 fully saturated rings. The van der Waals surface area contributed by atoms with E-state index in [1.165, 1.54) is 6.20 Å². The van der Waals surface area contributed by atoms with Crippen molar-refractivity contribution in [2.24, 2.45) is 11.8 Å². The van der Waals surface area contributed by atoms with Crippen molar-refractivity contribution in [2.45, 2.75) is 26.7 Å². The molecule has 0 bridgehead atoms. The van der Waals surface area contributed by atoms with Gasteiger partial charge in [0, 0.05) is 45.0 Å². The van der Waals surface area contributed by atoms with E-state index in [0.717, 1.165) is 0 Å². The molecule has 136 valence electrons. The van der Waals surface area contributed by atoms with E-state index in [1.807, 2.05) is 0 Å². The first-order valence-corrected chi connectivity index (χ1v) is 8.71. The number of nitrogens with zero attached hydrogens (tertiary/aromatic N) is 2. The molecule has 2 heterocycles. The highest BCUT2D eigenvalue weighted by Gasteiger charge is 2.30. The van der Waals surface area contributed by atoms with Gasteiger partial charge in [-0.25, -0.2) is 0 Å².